The average molecular weight is 400 g/mol. The third-order valence-corrected chi connectivity index (χ3v) is 5.60. The first-order valence-corrected chi connectivity index (χ1v) is 9.49. The lowest BCUT2D eigenvalue weighted by molar-refractivity contribution is -0.136. The summed E-state index contributed by atoms with van der Waals surface area (Å²) in [5, 5.41) is 0.344. The van der Waals surface area contributed by atoms with Gasteiger partial charge in [-0.3, -0.25) is 0 Å². The number of hydrogen-bond donors (Lipinski definition) is 0. The van der Waals surface area contributed by atoms with E-state index in [-0.39, 0.29) is 16.3 Å². The van der Waals surface area contributed by atoms with Gasteiger partial charge in [0, 0.05) is 17.7 Å². The fraction of sp³-hybridized carbons (Fsp3) is 0.105. The minimum Gasteiger partial charge on any atom is -0.466 e. The molecule has 0 saturated heterocycles. The Morgan fingerprint density at radius 1 is 1.04 bits per heavy atom. The summed E-state index contributed by atoms with van der Waals surface area (Å²) in [6.07, 6.45) is 2.24. The topological polar surface area (TPSA) is 105 Å². The SMILES string of the molecule is COC(=O)/C=C(/C(=O)OC)c1cc2ccccc2n1S(=O)(=O)c1ccccn1. The number of carbonyl (C=O) groups is 2. The van der Waals surface area contributed by atoms with Crippen LogP contribution in [0.3, 0.4) is 0 Å². The Hall–Kier alpha value is -3.46. The molecule has 0 fully saturated rings. The van der Waals surface area contributed by atoms with Crippen LogP contribution in [0, 0.1) is 0 Å². The van der Waals surface area contributed by atoms with E-state index in [0.29, 0.717) is 10.9 Å². The normalized spacial score (nSPS) is 12.0. The van der Waals surface area contributed by atoms with Crippen LogP contribution in [0.5, 0.6) is 0 Å². The van der Waals surface area contributed by atoms with Gasteiger partial charge in [0.1, 0.15) is 0 Å². The van der Waals surface area contributed by atoms with E-state index >= 15 is 0 Å². The number of aromatic nitrogens is 2. The molecule has 0 aliphatic rings. The van der Waals surface area contributed by atoms with Gasteiger partial charge in [0.15, 0.2) is 5.03 Å². The number of para-hydroxylation sites is 1. The minimum atomic E-state index is -4.18. The molecular weight excluding hydrogens is 384 g/mol. The highest BCUT2D eigenvalue weighted by Gasteiger charge is 2.28. The molecule has 144 valence electrons. The Bertz CT molecular complexity index is 1180. The Morgan fingerprint density at radius 2 is 1.75 bits per heavy atom. The number of rotatable bonds is 5. The molecular formula is C19H16N2O6S. The molecule has 8 nitrogen and oxygen atoms in total. The monoisotopic (exact) mass is 400 g/mol. The van der Waals surface area contributed by atoms with Crippen LogP contribution in [-0.4, -0.2) is 43.5 Å². The number of nitrogens with zero attached hydrogens (tertiary/aromatic N) is 2. The molecule has 0 aliphatic heterocycles. The van der Waals surface area contributed by atoms with Crippen molar-refractivity contribution in [2.75, 3.05) is 14.2 Å². The van der Waals surface area contributed by atoms with E-state index in [1.807, 2.05) is 0 Å². The second kappa shape index (κ2) is 7.65. The number of hydrogen-bond acceptors (Lipinski definition) is 7. The van der Waals surface area contributed by atoms with Gasteiger partial charge < -0.3 is 9.47 Å². The van der Waals surface area contributed by atoms with E-state index in [1.165, 1.54) is 24.4 Å². The van der Waals surface area contributed by atoms with Gasteiger partial charge >= 0.3 is 11.9 Å². The summed E-state index contributed by atoms with van der Waals surface area (Å²) in [5.41, 5.74) is 0.0250. The average Bonchev–Trinajstić information content (AvgIpc) is 3.11. The Kier molecular flexibility index (Phi) is 5.27. The first-order valence-electron chi connectivity index (χ1n) is 8.05. The van der Waals surface area contributed by atoms with Gasteiger partial charge in [0.2, 0.25) is 0 Å². The third-order valence-electron chi connectivity index (χ3n) is 3.95. The van der Waals surface area contributed by atoms with Gasteiger partial charge in [-0.2, -0.15) is 8.42 Å². The van der Waals surface area contributed by atoms with Crippen molar-refractivity contribution in [3.63, 3.8) is 0 Å². The van der Waals surface area contributed by atoms with E-state index in [1.54, 1.807) is 30.3 Å². The first kappa shape index (κ1) is 19.3. The molecule has 3 rings (SSSR count). The summed E-state index contributed by atoms with van der Waals surface area (Å²) < 4.78 is 36.9. The highest BCUT2D eigenvalue weighted by molar-refractivity contribution is 7.90. The van der Waals surface area contributed by atoms with Crippen molar-refractivity contribution in [1.29, 1.82) is 0 Å². The highest BCUT2D eigenvalue weighted by atomic mass is 32.2. The predicted octanol–water partition coefficient (Wildman–Crippen LogP) is 2.00. The van der Waals surface area contributed by atoms with Crippen LogP contribution in [0.15, 0.2) is 65.8 Å². The predicted molar refractivity (Wildman–Crippen MR) is 101 cm³/mol. The molecule has 0 radical (unpaired) electrons. The molecule has 2 aromatic heterocycles. The van der Waals surface area contributed by atoms with E-state index in [0.717, 1.165) is 24.3 Å². The standard InChI is InChI=1S/C19H16N2O6S/c1-26-18(22)12-14(19(23)27-2)16-11-13-7-3-4-8-15(13)21(16)28(24,25)17-9-5-6-10-20-17/h3-12H,1-2H3/b14-12+. The Balaban J connectivity index is 2.38. The maximum absolute atomic E-state index is 13.3. The van der Waals surface area contributed by atoms with Gasteiger partial charge in [-0.05, 0) is 24.3 Å². The molecule has 0 saturated carbocycles. The number of esters is 2. The number of methoxy groups -OCH3 is 2. The number of ether oxygens (including phenoxy) is 2. The summed E-state index contributed by atoms with van der Waals surface area (Å²) in [5.74, 6) is -1.71. The van der Waals surface area contributed by atoms with Gasteiger partial charge in [-0.15, -0.1) is 0 Å². The van der Waals surface area contributed by atoms with Crippen LogP contribution in [0.25, 0.3) is 16.5 Å². The first-order chi connectivity index (χ1) is 13.4. The Labute approximate surface area is 161 Å². The number of pyridine rings is 1. The van der Waals surface area contributed by atoms with Crippen molar-refractivity contribution < 1.29 is 27.5 Å². The van der Waals surface area contributed by atoms with Gasteiger partial charge in [0.05, 0.1) is 31.0 Å². The zero-order chi connectivity index (χ0) is 20.3. The molecule has 1 aromatic carbocycles. The maximum atomic E-state index is 13.3. The largest absolute Gasteiger partial charge is 0.466 e. The van der Waals surface area contributed by atoms with Crippen molar-refractivity contribution in [2.24, 2.45) is 0 Å². The van der Waals surface area contributed by atoms with E-state index < -0.39 is 22.0 Å². The maximum Gasteiger partial charge on any atom is 0.340 e. The van der Waals surface area contributed by atoms with E-state index in [4.69, 9.17) is 4.74 Å². The lowest BCUT2D eigenvalue weighted by atomic mass is 10.1. The molecule has 3 aromatic rings. The molecule has 0 unspecified atom stereocenters. The van der Waals surface area contributed by atoms with Gasteiger partial charge in [0.25, 0.3) is 10.0 Å². The van der Waals surface area contributed by atoms with Crippen LogP contribution >= 0.6 is 0 Å². The van der Waals surface area contributed by atoms with Crippen molar-refractivity contribution in [3.8, 4) is 0 Å². The molecule has 9 heteroatoms. The van der Waals surface area contributed by atoms with Crippen molar-refractivity contribution in [2.45, 2.75) is 5.03 Å². The minimum absolute atomic E-state index is 0.0379. The summed E-state index contributed by atoms with van der Waals surface area (Å²) >= 11 is 0. The number of carbonyl (C=O) groups excluding carboxylic acids is 2. The van der Waals surface area contributed by atoms with Crippen molar-refractivity contribution in [1.82, 2.24) is 8.96 Å². The molecule has 0 bridgehead atoms. The molecule has 2 heterocycles. The smallest absolute Gasteiger partial charge is 0.340 e. The highest BCUT2D eigenvalue weighted by Crippen LogP contribution is 2.30. The summed E-state index contributed by atoms with van der Waals surface area (Å²) in [7, 11) is -1.90. The Morgan fingerprint density at radius 3 is 2.39 bits per heavy atom. The molecule has 28 heavy (non-hydrogen) atoms. The lowest BCUT2D eigenvalue weighted by Crippen LogP contribution is -2.19. The summed E-state index contributed by atoms with van der Waals surface area (Å²) in [6, 6.07) is 12.6. The van der Waals surface area contributed by atoms with Crippen LogP contribution < -0.4 is 0 Å². The second-order valence-corrected chi connectivity index (χ2v) is 7.33. The van der Waals surface area contributed by atoms with Crippen LogP contribution in [0.4, 0.5) is 0 Å². The van der Waals surface area contributed by atoms with E-state index in [9.17, 15) is 18.0 Å². The van der Waals surface area contributed by atoms with Crippen LogP contribution in [-0.2, 0) is 29.1 Å². The van der Waals surface area contributed by atoms with Crippen molar-refractivity contribution >= 4 is 38.4 Å². The molecule has 0 aliphatic carbocycles. The molecule has 0 spiro atoms. The van der Waals surface area contributed by atoms with Gasteiger partial charge in [-0.1, -0.05) is 24.3 Å². The van der Waals surface area contributed by atoms with E-state index in [2.05, 4.69) is 9.72 Å². The second-order valence-electron chi connectivity index (χ2n) is 5.60. The summed E-state index contributed by atoms with van der Waals surface area (Å²) in [6.45, 7) is 0. The van der Waals surface area contributed by atoms with Crippen molar-refractivity contribution in [3.05, 3.63) is 66.5 Å². The fourth-order valence-corrected chi connectivity index (χ4v) is 4.16. The molecule has 0 N–H and O–H groups in total. The summed E-state index contributed by atoms with van der Waals surface area (Å²) in [4.78, 5) is 28.0. The molecule has 0 amide bonds. The zero-order valence-electron chi connectivity index (χ0n) is 15.0. The molecule has 0 atom stereocenters. The number of benzene rings is 1. The van der Waals surface area contributed by atoms with Gasteiger partial charge in [-0.25, -0.2) is 18.5 Å². The third kappa shape index (κ3) is 3.39. The van der Waals surface area contributed by atoms with Crippen LogP contribution in [0.2, 0.25) is 0 Å². The lowest BCUT2D eigenvalue weighted by Gasteiger charge is -2.12. The fourth-order valence-electron chi connectivity index (χ4n) is 2.69. The number of fused-ring (bicyclic) bond motifs is 1. The van der Waals surface area contributed by atoms with Crippen LogP contribution in [0.1, 0.15) is 5.69 Å². The zero-order valence-corrected chi connectivity index (χ0v) is 15.8. The quantitative estimate of drug-likeness (QED) is 0.476.